The van der Waals surface area contributed by atoms with E-state index in [-0.39, 0.29) is 5.82 Å². The largest absolute Gasteiger partial charge is 0.206 e. The molecule has 0 saturated carbocycles. The smallest absolute Gasteiger partial charge is 0.131 e. The Kier molecular flexibility index (Phi) is 3.93. The van der Waals surface area contributed by atoms with Crippen LogP contribution in [0.15, 0.2) is 48.5 Å². The maximum absolute atomic E-state index is 13.9. The Hall–Kier alpha value is -0.900. The predicted octanol–water partition coefficient (Wildman–Crippen LogP) is 4.47. The predicted molar refractivity (Wildman–Crippen MR) is 74.4 cm³/mol. The molecule has 0 nitrogen and oxygen atoms in total. The normalized spacial score (nSPS) is 10.4. The first kappa shape index (κ1) is 11.6. The molecule has 2 aromatic carbocycles. The molecule has 0 saturated heterocycles. The van der Waals surface area contributed by atoms with Crippen molar-refractivity contribution in [3.8, 4) is 11.1 Å². The van der Waals surface area contributed by atoms with E-state index in [2.05, 4.69) is 22.6 Å². The van der Waals surface area contributed by atoms with Gasteiger partial charge in [-0.05, 0) is 23.6 Å². The van der Waals surface area contributed by atoms with E-state index < -0.39 is 0 Å². The van der Waals surface area contributed by atoms with Gasteiger partial charge >= 0.3 is 0 Å². The van der Waals surface area contributed by atoms with Gasteiger partial charge in [0.15, 0.2) is 0 Å². The minimum atomic E-state index is -0.131. The number of benzene rings is 2. The lowest BCUT2D eigenvalue weighted by atomic mass is 10.0. The molecular weight excluding hydrogens is 314 g/mol. The maximum atomic E-state index is 13.9. The molecule has 0 N–H and O–H groups in total. The highest BCUT2D eigenvalue weighted by Crippen LogP contribution is 2.23. The van der Waals surface area contributed by atoms with Crippen LogP contribution in [-0.2, 0) is 6.42 Å². The Morgan fingerprint density at radius 3 is 2.38 bits per heavy atom. The summed E-state index contributed by atoms with van der Waals surface area (Å²) in [7, 11) is 0. The summed E-state index contributed by atoms with van der Waals surface area (Å²) in [6.07, 6.45) is 0.923. The second-order valence-corrected chi connectivity index (χ2v) is 4.70. The lowest BCUT2D eigenvalue weighted by Gasteiger charge is -2.05. The molecule has 0 bridgehead atoms. The van der Waals surface area contributed by atoms with E-state index >= 15 is 0 Å². The summed E-state index contributed by atoms with van der Waals surface area (Å²) in [6.45, 7) is 0. The Labute approximate surface area is 109 Å². The zero-order valence-electron chi connectivity index (χ0n) is 8.79. The highest BCUT2D eigenvalue weighted by Gasteiger charge is 2.05. The molecule has 0 heterocycles. The molecule has 82 valence electrons. The monoisotopic (exact) mass is 326 g/mol. The standard InChI is InChI=1S/C14H12FI/c15-14-10-11(8-9-16)6-7-13(14)12-4-2-1-3-5-12/h1-7,10H,8-9H2. The highest BCUT2D eigenvalue weighted by atomic mass is 127. The van der Waals surface area contributed by atoms with Crippen LogP contribution in [0.4, 0.5) is 4.39 Å². The zero-order chi connectivity index (χ0) is 11.4. The number of aryl methyl sites for hydroxylation is 1. The maximum Gasteiger partial charge on any atom is 0.131 e. The van der Waals surface area contributed by atoms with Crippen LogP contribution < -0.4 is 0 Å². The molecule has 2 rings (SSSR count). The zero-order valence-corrected chi connectivity index (χ0v) is 10.9. The molecule has 0 aliphatic carbocycles. The van der Waals surface area contributed by atoms with Gasteiger partial charge < -0.3 is 0 Å². The van der Waals surface area contributed by atoms with Gasteiger partial charge in [0.2, 0.25) is 0 Å². The second kappa shape index (κ2) is 5.43. The van der Waals surface area contributed by atoms with Crippen molar-refractivity contribution in [3.05, 3.63) is 59.9 Å². The van der Waals surface area contributed by atoms with Gasteiger partial charge in [0, 0.05) is 9.99 Å². The quantitative estimate of drug-likeness (QED) is 0.577. The lowest BCUT2D eigenvalue weighted by Crippen LogP contribution is -1.90. The fraction of sp³-hybridized carbons (Fsp3) is 0.143. The number of halogens is 2. The van der Waals surface area contributed by atoms with Crippen LogP contribution in [0.2, 0.25) is 0 Å². The molecule has 2 aromatic rings. The van der Waals surface area contributed by atoms with Gasteiger partial charge in [0.1, 0.15) is 5.82 Å². The van der Waals surface area contributed by atoms with Crippen molar-refractivity contribution >= 4 is 22.6 Å². The van der Waals surface area contributed by atoms with Crippen LogP contribution in [-0.4, -0.2) is 4.43 Å². The van der Waals surface area contributed by atoms with E-state index in [1.807, 2.05) is 42.5 Å². The summed E-state index contributed by atoms with van der Waals surface area (Å²) >= 11 is 2.30. The van der Waals surface area contributed by atoms with Crippen LogP contribution in [0.3, 0.4) is 0 Å². The van der Waals surface area contributed by atoms with Gasteiger partial charge in [0.25, 0.3) is 0 Å². The van der Waals surface area contributed by atoms with Gasteiger partial charge in [-0.15, -0.1) is 0 Å². The van der Waals surface area contributed by atoms with Crippen LogP contribution in [0.1, 0.15) is 5.56 Å². The first-order chi connectivity index (χ1) is 7.81. The molecule has 2 heteroatoms. The summed E-state index contributed by atoms with van der Waals surface area (Å²) in [6, 6.07) is 15.1. The fourth-order valence-corrected chi connectivity index (χ4v) is 2.30. The van der Waals surface area contributed by atoms with Crippen LogP contribution in [0, 0.1) is 5.82 Å². The van der Waals surface area contributed by atoms with Gasteiger partial charge in [-0.1, -0.05) is 65.1 Å². The fourth-order valence-electron chi connectivity index (χ4n) is 1.68. The molecule has 16 heavy (non-hydrogen) atoms. The molecule has 0 aromatic heterocycles. The summed E-state index contributed by atoms with van der Waals surface area (Å²) in [5.41, 5.74) is 2.67. The number of hydrogen-bond donors (Lipinski definition) is 0. The lowest BCUT2D eigenvalue weighted by molar-refractivity contribution is 0.629. The van der Waals surface area contributed by atoms with E-state index in [1.165, 1.54) is 0 Å². The van der Waals surface area contributed by atoms with Crippen molar-refractivity contribution in [1.29, 1.82) is 0 Å². The van der Waals surface area contributed by atoms with Crippen molar-refractivity contribution in [1.82, 2.24) is 0 Å². The van der Waals surface area contributed by atoms with Crippen molar-refractivity contribution in [2.75, 3.05) is 4.43 Å². The second-order valence-electron chi connectivity index (χ2n) is 3.62. The van der Waals surface area contributed by atoms with E-state index in [0.717, 1.165) is 22.0 Å². The average molecular weight is 326 g/mol. The molecule has 0 atom stereocenters. The third-order valence-electron chi connectivity index (χ3n) is 2.50. The molecule has 0 aliphatic rings. The number of hydrogen-bond acceptors (Lipinski definition) is 0. The average Bonchev–Trinajstić information content (AvgIpc) is 2.31. The van der Waals surface area contributed by atoms with Gasteiger partial charge in [-0.2, -0.15) is 0 Å². The molecule has 0 spiro atoms. The third kappa shape index (κ3) is 2.61. The Bertz CT molecular complexity index is 465. The summed E-state index contributed by atoms with van der Waals surface area (Å²) < 4.78 is 14.9. The van der Waals surface area contributed by atoms with E-state index in [9.17, 15) is 4.39 Å². The number of rotatable bonds is 3. The summed E-state index contributed by atoms with van der Waals surface area (Å²) in [4.78, 5) is 0. The topological polar surface area (TPSA) is 0 Å². The number of alkyl halides is 1. The first-order valence-corrected chi connectivity index (χ1v) is 6.73. The summed E-state index contributed by atoms with van der Waals surface area (Å²) in [5, 5.41) is 0. The highest BCUT2D eigenvalue weighted by molar-refractivity contribution is 14.1. The van der Waals surface area contributed by atoms with Crippen molar-refractivity contribution in [2.45, 2.75) is 6.42 Å². The van der Waals surface area contributed by atoms with Crippen molar-refractivity contribution in [2.24, 2.45) is 0 Å². The SMILES string of the molecule is Fc1cc(CCI)ccc1-c1ccccc1. The Morgan fingerprint density at radius 2 is 1.75 bits per heavy atom. The summed E-state index contributed by atoms with van der Waals surface area (Å²) in [5.74, 6) is -0.131. The van der Waals surface area contributed by atoms with Crippen molar-refractivity contribution < 1.29 is 4.39 Å². The van der Waals surface area contributed by atoms with E-state index in [0.29, 0.717) is 5.56 Å². The molecule has 0 amide bonds. The third-order valence-corrected chi connectivity index (χ3v) is 3.04. The first-order valence-electron chi connectivity index (χ1n) is 5.21. The molecule has 0 fully saturated rings. The molecule has 0 unspecified atom stereocenters. The molecule has 0 aliphatic heterocycles. The van der Waals surface area contributed by atoms with E-state index in [1.54, 1.807) is 6.07 Å². The molecule has 0 radical (unpaired) electrons. The van der Waals surface area contributed by atoms with Crippen LogP contribution in [0.5, 0.6) is 0 Å². The van der Waals surface area contributed by atoms with Gasteiger partial charge in [0.05, 0.1) is 0 Å². The van der Waals surface area contributed by atoms with Gasteiger partial charge in [-0.3, -0.25) is 0 Å². The van der Waals surface area contributed by atoms with Gasteiger partial charge in [-0.25, -0.2) is 4.39 Å². The Morgan fingerprint density at radius 1 is 1.00 bits per heavy atom. The minimum absolute atomic E-state index is 0.131. The minimum Gasteiger partial charge on any atom is -0.206 e. The van der Waals surface area contributed by atoms with Crippen molar-refractivity contribution in [3.63, 3.8) is 0 Å². The van der Waals surface area contributed by atoms with Crippen LogP contribution >= 0.6 is 22.6 Å². The Balaban J connectivity index is 2.37. The van der Waals surface area contributed by atoms with Crippen LogP contribution in [0.25, 0.3) is 11.1 Å². The van der Waals surface area contributed by atoms with E-state index in [4.69, 9.17) is 0 Å². The molecular formula is C14H12FI.